The van der Waals surface area contributed by atoms with E-state index in [1.54, 1.807) is 12.1 Å². The molecule has 8 heteroatoms. The summed E-state index contributed by atoms with van der Waals surface area (Å²) in [6.07, 6.45) is 4.61. The van der Waals surface area contributed by atoms with E-state index in [2.05, 4.69) is 9.44 Å². The molecule has 1 aromatic carbocycles. The van der Waals surface area contributed by atoms with Crippen LogP contribution in [0.15, 0.2) is 29.2 Å². The molecule has 0 spiro atoms. The molecule has 1 saturated carbocycles. The third-order valence-corrected chi connectivity index (χ3v) is 6.92. The number of hydrogen-bond donors (Lipinski definition) is 2. The van der Waals surface area contributed by atoms with Crippen molar-refractivity contribution in [3.8, 4) is 0 Å². The van der Waals surface area contributed by atoms with Gasteiger partial charge in [0.2, 0.25) is 20.0 Å². The van der Waals surface area contributed by atoms with E-state index in [1.807, 2.05) is 6.92 Å². The summed E-state index contributed by atoms with van der Waals surface area (Å²) >= 11 is 0. The van der Waals surface area contributed by atoms with Gasteiger partial charge in [0.25, 0.3) is 0 Å². The lowest BCUT2D eigenvalue weighted by Crippen LogP contribution is -2.38. The van der Waals surface area contributed by atoms with Crippen LogP contribution in [0.4, 0.5) is 0 Å². The minimum atomic E-state index is -3.68. The standard InChI is InChI=1S/C15H24N2O4S2/c1-2-13-7-9-15(10-8-13)23(20,21)16-11-12-22(18,19)17-14-5-3-4-6-14/h7-10,14,16-17H,2-6,11-12H2,1H3. The van der Waals surface area contributed by atoms with E-state index in [9.17, 15) is 16.8 Å². The molecule has 0 amide bonds. The molecule has 0 bridgehead atoms. The van der Waals surface area contributed by atoms with E-state index in [4.69, 9.17) is 0 Å². The van der Waals surface area contributed by atoms with Gasteiger partial charge in [-0.2, -0.15) is 0 Å². The maximum atomic E-state index is 12.1. The van der Waals surface area contributed by atoms with Crippen molar-refractivity contribution in [2.75, 3.05) is 12.3 Å². The molecule has 1 aliphatic rings. The predicted molar refractivity (Wildman–Crippen MR) is 90.2 cm³/mol. The lowest BCUT2D eigenvalue weighted by Gasteiger charge is -2.13. The molecule has 0 atom stereocenters. The third kappa shape index (κ3) is 5.56. The molecular weight excluding hydrogens is 336 g/mol. The summed E-state index contributed by atoms with van der Waals surface area (Å²) in [5, 5.41) is 0. The second-order valence-electron chi connectivity index (χ2n) is 5.81. The van der Waals surface area contributed by atoms with Crippen LogP contribution in [0.1, 0.15) is 38.2 Å². The van der Waals surface area contributed by atoms with E-state index in [0.29, 0.717) is 0 Å². The van der Waals surface area contributed by atoms with Gasteiger partial charge in [-0.1, -0.05) is 31.9 Å². The van der Waals surface area contributed by atoms with Crippen molar-refractivity contribution in [3.05, 3.63) is 29.8 Å². The van der Waals surface area contributed by atoms with Gasteiger partial charge in [-0.3, -0.25) is 0 Å². The van der Waals surface area contributed by atoms with E-state index < -0.39 is 20.0 Å². The zero-order valence-electron chi connectivity index (χ0n) is 13.3. The average molecular weight is 361 g/mol. The van der Waals surface area contributed by atoms with E-state index in [0.717, 1.165) is 37.7 Å². The molecular formula is C15H24N2O4S2. The van der Waals surface area contributed by atoms with Crippen LogP contribution in [-0.2, 0) is 26.5 Å². The zero-order chi connectivity index (χ0) is 16.9. The van der Waals surface area contributed by atoms with Gasteiger partial charge in [0.05, 0.1) is 10.6 Å². The monoisotopic (exact) mass is 360 g/mol. The van der Waals surface area contributed by atoms with Crippen molar-refractivity contribution in [2.24, 2.45) is 0 Å². The molecule has 1 fully saturated rings. The number of nitrogens with one attached hydrogen (secondary N) is 2. The smallest absolute Gasteiger partial charge is 0.212 e. The Morgan fingerprint density at radius 3 is 2.22 bits per heavy atom. The summed E-state index contributed by atoms with van der Waals surface area (Å²) < 4.78 is 53.1. The molecule has 0 radical (unpaired) electrons. The Labute approximate surface area is 138 Å². The second kappa shape index (κ2) is 7.74. The maximum absolute atomic E-state index is 12.1. The molecule has 23 heavy (non-hydrogen) atoms. The first-order valence-electron chi connectivity index (χ1n) is 7.91. The molecule has 1 aromatic rings. The largest absolute Gasteiger partial charge is 0.240 e. The Bertz CT molecular complexity index is 706. The van der Waals surface area contributed by atoms with Crippen LogP contribution in [0.25, 0.3) is 0 Å². The Morgan fingerprint density at radius 2 is 1.65 bits per heavy atom. The Morgan fingerprint density at radius 1 is 1.04 bits per heavy atom. The SMILES string of the molecule is CCc1ccc(S(=O)(=O)NCCS(=O)(=O)NC2CCCC2)cc1. The number of rotatable bonds is 8. The van der Waals surface area contributed by atoms with Gasteiger partial charge >= 0.3 is 0 Å². The minimum absolute atomic E-state index is 0.00167. The van der Waals surface area contributed by atoms with Crippen LogP contribution >= 0.6 is 0 Å². The molecule has 6 nitrogen and oxygen atoms in total. The fourth-order valence-corrected chi connectivity index (χ4v) is 5.05. The van der Waals surface area contributed by atoms with Gasteiger partial charge in [0, 0.05) is 12.6 Å². The van der Waals surface area contributed by atoms with Crippen molar-refractivity contribution in [3.63, 3.8) is 0 Å². The van der Waals surface area contributed by atoms with Crippen LogP contribution in [0.5, 0.6) is 0 Å². The Kier molecular flexibility index (Phi) is 6.19. The summed E-state index contributed by atoms with van der Waals surface area (Å²) in [6, 6.07) is 6.58. The highest BCUT2D eigenvalue weighted by molar-refractivity contribution is 7.90. The molecule has 0 aromatic heterocycles. The number of hydrogen-bond acceptors (Lipinski definition) is 4. The quantitative estimate of drug-likeness (QED) is 0.733. The van der Waals surface area contributed by atoms with Crippen molar-refractivity contribution in [1.82, 2.24) is 9.44 Å². The highest BCUT2D eigenvalue weighted by atomic mass is 32.2. The average Bonchev–Trinajstić information content (AvgIpc) is 2.99. The minimum Gasteiger partial charge on any atom is -0.212 e. The third-order valence-electron chi connectivity index (χ3n) is 4.01. The van der Waals surface area contributed by atoms with Crippen LogP contribution in [0.2, 0.25) is 0 Å². The fourth-order valence-electron chi connectivity index (χ4n) is 2.65. The topological polar surface area (TPSA) is 92.3 Å². The number of sulfonamides is 2. The zero-order valence-corrected chi connectivity index (χ0v) is 14.9. The van der Waals surface area contributed by atoms with Crippen molar-refractivity contribution in [1.29, 1.82) is 0 Å². The van der Waals surface area contributed by atoms with E-state index >= 15 is 0 Å². The lowest BCUT2D eigenvalue weighted by molar-refractivity contribution is 0.550. The lowest BCUT2D eigenvalue weighted by atomic mass is 10.2. The molecule has 0 saturated heterocycles. The first kappa shape index (κ1) is 18.4. The number of benzene rings is 1. The van der Waals surface area contributed by atoms with E-state index in [1.165, 1.54) is 12.1 Å². The summed E-state index contributed by atoms with van der Waals surface area (Å²) in [5.41, 5.74) is 1.05. The molecule has 130 valence electrons. The van der Waals surface area contributed by atoms with Gasteiger partial charge < -0.3 is 0 Å². The maximum Gasteiger partial charge on any atom is 0.240 e. The van der Waals surface area contributed by atoms with E-state index in [-0.39, 0.29) is 23.2 Å². The molecule has 0 heterocycles. The summed E-state index contributed by atoms with van der Waals surface area (Å²) in [6.45, 7) is 1.85. The van der Waals surface area contributed by atoms with Gasteiger partial charge in [-0.15, -0.1) is 0 Å². The Hall–Kier alpha value is -0.960. The van der Waals surface area contributed by atoms with Crippen LogP contribution in [0.3, 0.4) is 0 Å². The van der Waals surface area contributed by atoms with Crippen LogP contribution in [-0.4, -0.2) is 35.2 Å². The highest BCUT2D eigenvalue weighted by Crippen LogP contribution is 2.18. The fraction of sp³-hybridized carbons (Fsp3) is 0.600. The highest BCUT2D eigenvalue weighted by Gasteiger charge is 2.22. The summed E-state index contributed by atoms with van der Waals surface area (Å²) in [7, 11) is -7.13. The van der Waals surface area contributed by atoms with Gasteiger partial charge in [-0.05, 0) is 37.0 Å². The molecule has 2 N–H and O–H groups in total. The predicted octanol–water partition coefficient (Wildman–Crippen LogP) is 1.39. The van der Waals surface area contributed by atoms with Crippen molar-refractivity contribution < 1.29 is 16.8 Å². The van der Waals surface area contributed by atoms with Crippen LogP contribution in [0, 0.1) is 0 Å². The first-order valence-corrected chi connectivity index (χ1v) is 11.0. The normalized spacial score (nSPS) is 16.7. The Balaban J connectivity index is 1.88. The molecule has 0 aliphatic heterocycles. The summed E-state index contributed by atoms with van der Waals surface area (Å²) in [5.74, 6) is -0.254. The molecule has 1 aliphatic carbocycles. The molecule has 2 rings (SSSR count). The van der Waals surface area contributed by atoms with Gasteiger partial charge in [0.1, 0.15) is 0 Å². The van der Waals surface area contributed by atoms with Crippen molar-refractivity contribution in [2.45, 2.75) is 50.0 Å². The summed E-state index contributed by atoms with van der Waals surface area (Å²) in [4.78, 5) is 0.149. The number of aryl methyl sites for hydroxylation is 1. The van der Waals surface area contributed by atoms with Crippen LogP contribution < -0.4 is 9.44 Å². The van der Waals surface area contributed by atoms with Gasteiger partial charge in [0.15, 0.2) is 0 Å². The first-order chi connectivity index (χ1) is 10.8. The van der Waals surface area contributed by atoms with Gasteiger partial charge in [-0.25, -0.2) is 26.3 Å². The van der Waals surface area contributed by atoms with Crippen molar-refractivity contribution >= 4 is 20.0 Å². The molecule has 0 unspecified atom stereocenters. The second-order valence-corrected chi connectivity index (χ2v) is 9.45.